The lowest BCUT2D eigenvalue weighted by molar-refractivity contribution is -0.389. The lowest BCUT2D eigenvalue weighted by atomic mass is 9.40. The molecule has 8 fully saturated rings. The van der Waals surface area contributed by atoms with Crippen molar-refractivity contribution in [2.24, 2.45) is 33.5 Å². The first-order chi connectivity index (χ1) is 38.2. The summed E-state index contributed by atoms with van der Waals surface area (Å²) in [5.74, 6) is -1.08. The number of aliphatic hydroxyl groups is 12. The number of ether oxygens (including phenoxy) is 10. The predicted molar refractivity (Wildman–Crippen MR) is 273 cm³/mol. The van der Waals surface area contributed by atoms with Crippen LogP contribution in [0.2, 0.25) is 0 Å². The van der Waals surface area contributed by atoms with Gasteiger partial charge in [0.2, 0.25) is 10.4 Å². The predicted octanol–water partition coefficient (Wildman–Crippen LogP) is -2.85. The summed E-state index contributed by atoms with van der Waals surface area (Å²) in [7, 11) is -4.28. The molecule has 28 heteroatoms. The molecule has 0 unspecified atom stereocenters. The van der Waals surface area contributed by atoms with Gasteiger partial charge in [-0.25, -0.2) is 8.42 Å². The van der Waals surface area contributed by atoms with Crippen molar-refractivity contribution in [3.8, 4) is 0 Å². The van der Waals surface area contributed by atoms with Crippen LogP contribution in [0.25, 0.3) is 0 Å². The van der Waals surface area contributed by atoms with E-state index in [4.69, 9.17) is 47.4 Å². The molecule has 0 amide bonds. The maximum absolute atomic E-state index is 14.5. The molecule has 9 rings (SSSR count). The number of methoxy groups -OCH3 is 1. The van der Waals surface area contributed by atoms with Gasteiger partial charge in [0.1, 0.15) is 102 Å². The molecule has 0 radical (unpaired) electrons. The molecule has 12 N–H and O–H groups in total. The maximum atomic E-state index is 14.5. The lowest BCUT2D eigenvalue weighted by Crippen LogP contribution is -2.68. The summed E-state index contributed by atoms with van der Waals surface area (Å²) in [6.45, 7) is 14.4. The van der Waals surface area contributed by atoms with Crippen LogP contribution in [0.5, 0.6) is 0 Å². The van der Waals surface area contributed by atoms with Crippen molar-refractivity contribution >= 4 is 16.4 Å². The van der Waals surface area contributed by atoms with Crippen molar-refractivity contribution in [2.75, 3.05) is 26.9 Å². The molecule has 0 aromatic rings. The van der Waals surface area contributed by atoms with E-state index in [1.807, 2.05) is 20.8 Å². The zero-order chi connectivity index (χ0) is 60.4. The van der Waals surface area contributed by atoms with Gasteiger partial charge in [-0.15, -0.1) is 0 Å². The van der Waals surface area contributed by atoms with Gasteiger partial charge in [-0.1, -0.05) is 51.5 Å². The van der Waals surface area contributed by atoms with Gasteiger partial charge < -0.3 is 113 Å². The molecule has 27 nitrogen and oxygen atoms in total. The highest BCUT2D eigenvalue weighted by Crippen LogP contribution is 2.77. The number of hydrogen-bond donors (Lipinski definition) is 12. The average Bonchev–Trinajstić information content (AvgIpc) is 1.45. The third-order valence-electron chi connectivity index (χ3n) is 20.8. The second kappa shape index (κ2) is 23.2. The first-order valence-corrected chi connectivity index (χ1v) is 29.6. The minimum Gasteiger partial charge on any atom is -0.726 e. The van der Waals surface area contributed by atoms with Crippen LogP contribution in [0.3, 0.4) is 0 Å². The fraction of sp³-hybridized carbons (Fsp3) is 0.907. The Morgan fingerprint density at radius 1 is 0.756 bits per heavy atom. The molecule has 0 bridgehead atoms. The summed E-state index contributed by atoms with van der Waals surface area (Å²) in [6, 6.07) is 0. The van der Waals surface area contributed by atoms with E-state index in [0.717, 1.165) is 5.57 Å². The zero-order valence-corrected chi connectivity index (χ0v) is 48.1. The van der Waals surface area contributed by atoms with Crippen LogP contribution in [-0.4, -0.2) is 253 Å². The fourth-order valence-electron chi connectivity index (χ4n) is 16.2. The highest BCUT2D eigenvalue weighted by molar-refractivity contribution is 7.80. The Morgan fingerprint density at radius 3 is 1.94 bits per heavy atom. The highest BCUT2D eigenvalue weighted by atomic mass is 32.3. The van der Waals surface area contributed by atoms with Crippen molar-refractivity contribution in [1.29, 1.82) is 0 Å². The van der Waals surface area contributed by atoms with Crippen molar-refractivity contribution in [1.82, 2.24) is 0 Å². The van der Waals surface area contributed by atoms with Crippen LogP contribution in [0.4, 0.5) is 0 Å². The van der Waals surface area contributed by atoms with Gasteiger partial charge in [-0.2, -0.15) is 0 Å². The molecule has 5 heterocycles. The number of cyclic esters (lactones) is 1. The number of carbonyl (C=O) groups excluding carboxylic acids is 1. The van der Waals surface area contributed by atoms with Crippen LogP contribution >= 0.6 is 0 Å². The van der Waals surface area contributed by atoms with E-state index in [9.17, 15) is 79.0 Å². The topological polar surface area (TPSA) is 419 Å². The van der Waals surface area contributed by atoms with Gasteiger partial charge in [-0.05, 0) is 100 Å². The summed E-state index contributed by atoms with van der Waals surface area (Å²) in [5, 5.41) is 135. The van der Waals surface area contributed by atoms with Crippen molar-refractivity contribution in [2.45, 2.75) is 246 Å². The first-order valence-electron chi connectivity index (χ1n) is 28.3. The Morgan fingerprint density at radius 2 is 1.34 bits per heavy atom. The molecule has 0 aromatic heterocycles. The summed E-state index contributed by atoms with van der Waals surface area (Å²) in [4.78, 5) is 14.5. The maximum Gasteiger partial charge on any atom is 0.319 e. The molecule has 5 saturated heterocycles. The highest BCUT2D eigenvalue weighted by Gasteiger charge is 2.85. The van der Waals surface area contributed by atoms with E-state index in [1.54, 1.807) is 19.9 Å². The van der Waals surface area contributed by atoms with Crippen molar-refractivity contribution in [3.63, 3.8) is 0 Å². The summed E-state index contributed by atoms with van der Waals surface area (Å²) >= 11 is 0. The van der Waals surface area contributed by atoms with E-state index in [-0.39, 0.29) is 31.1 Å². The van der Waals surface area contributed by atoms with Gasteiger partial charge in [0.15, 0.2) is 25.2 Å². The number of esters is 1. The second-order valence-corrected chi connectivity index (χ2v) is 26.6. The Balaban J connectivity index is 0.913. The monoisotopic (exact) mass is 1200 g/mol. The normalized spacial score (nSPS) is 51.5. The number of allylic oxidation sites excluding steroid dienone is 1. The Bertz CT molecular complexity index is 2470. The summed E-state index contributed by atoms with van der Waals surface area (Å²) < 4.78 is 99.5. The van der Waals surface area contributed by atoms with E-state index in [2.05, 4.69) is 17.7 Å². The molecule has 5 aliphatic heterocycles. The van der Waals surface area contributed by atoms with Crippen LogP contribution in [0, 0.1) is 33.5 Å². The average molecular weight is 1200 g/mol. The number of rotatable bonds is 17. The molecule has 3 saturated carbocycles. The van der Waals surface area contributed by atoms with E-state index < -0.39 is 204 Å². The largest absolute Gasteiger partial charge is 0.726 e. The molecule has 29 atom stereocenters. The number of fused-ring (bicyclic) bond motifs is 4. The zero-order valence-electron chi connectivity index (χ0n) is 47.3. The smallest absolute Gasteiger partial charge is 0.319 e. The Kier molecular flexibility index (Phi) is 18.2. The Hall–Kier alpha value is -2.02. The number of aliphatic hydroxyl groups excluding tert-OH is 11. The standard InChI is InChI=1S/C54H86O27S/c1-22(2)26(57)12-15-52(8)53(67)17-16-51(7)24-10-11-30-49(4,5)32(13-14-50(30,6)25(24)18-31(58)54(51,53)48(66)80-52)76-47-43(35(61)29(21-72-47)81-82(68,69)70)79-44-37(63)36(62)40(23(3)73-44)77-46-39(65)42(34(60)28(20-56)75-46)78-45-38(64)41(71-9)33(59)27(19-55)74-45/h18,23-24,26-47,55-65,67H,1,10-17,19-21H2,2-9H3,(H,68,69,70)/p-1/t23-,24-,26+,27-,28-,29-,30+,31+,32+,33-,34-,35+,36-,37-,38-,39-,40-,41+,42+,43-,44+,45+,46+,47+,50-,51+,52+,53+,54-/m1/s1. The minimum atomic E-state index is -5.45. The van der Waals surface area contributed by atoms with Gasteiger partial charge in [0, 0.05) is 7.11 Å². The van der Waals surface area contributed by atoms with E-state index in [1.165, 1.54) is 14.0 Å². The Labute approximate surface area is 475 Å². The molecule has 82 heavy (non-hydrogen) atoms. The van der Waals surface area contributed by atoms with Gasteiger partial charge >= 0.3 is 5.97 Å². The lowest BCUT2D eigenvalue weighted by Gasteiger charge is -2.64. The molecule has 4 aliphatic carbocycles. The van der Waals surface area contributed by atoms with Crippen LogP contribution < -0.4 is 0 Å². The third-order valence-corrected chi connectivity index (χ3v) is 21.3. The fourth-order valence-corrected chi connectivity index (χ4v) is 16.7. The van der Waals surface area contributed by atoms with E-state index in [0.29, 0.717) is 37.7 Å². The van der Waals surface area contributed by atoms with Crippen molar-refractivity contribution in [3.05, 3.63) is 23.8 Å². The first kappa shape index (κ1) is 64.5. The number of hydrogen-bond acceptors (Lipinski definition) is 27. The quantitative estimate of drug-likeness (QED) is 0.0229. The van der Waals surface area contributed by atoms with Crippen LogP contribution in [0.1, 0.15) is 99.8 Å². The van der Waals surface area contributed by atoms with Gasteiger partial charge in [-0.3, -0.25) is 8.98 Å². The van der Waals surface area contributed by atoms with E-state index >= 15 is 0 Å². The number of carbonyl (C=O) groups is 1. The van der Waals surface area contributed by atoms with Crippen molar-refractivity contribution < 1.29 is 131 Å². The summed E-state index contributed by atoms with van der Waals surface area (Å²) in [6.07, 6.45) is -31.0. The molecule has 470 valence electrons. The minimum absolute atomic E-state index is 0.138. The van der Waals surface area contributed by atoms with Gasteiger partial charge in [0.05, 0.1) is 44.2 Å². The van der Waals surface area contributed by atoms with Gasteiger partial charge in [0.25, 0.3) is 0 Å². The third kappa shape index (κ3) is 10.3. The molecular formula is C54H85O27S-. The molecule has 0 aromatic carbocycles. The van der Waals surface area contributed by atoms with Crippen LogP contribution in [-0.2, 0) is 66.7 Å². The second-order valence-electron chi connectivity index (χ2n) is 25.6. The summed E-state index contributed by atoms with van der Waals surface area (Å²) in [5.41, 5.74) is -5.65. The molecule has 1 spiro atoms. The SMILES string of the molecule is C=C(C)[C@@H](O)CC[C@]1(C)OC(=O)[C@]23[C@@H](O)C=C4[C@@H](CC[C@H]5C(C)(C)[C@@H](O[C@@H]6OC[C@@H](OS(=O)(=O)[O-])[C@H](O)[C@H]6O[C@@H]6O[C@H](C)[C@@H](O[C@@H]7O[C@H](CO)[C@@H](O)[C@H](O[C@@H]8O[C@H](CO)[C@@H](O)[C@H](OC)[C@H]8O)[C@H]7O)[C@H](O)[C@H]6O)CC[C@]45C)[C@]2(C)CC[C@@]31O. The molecular weight excluding hydrogens is 1110 g/mol. The molecule has 9 aliphatic rings. The van der Waals surface area contributed by atoms with Crippen LogP contribution in [0.15, 0.2) is 23.8 Å².